The van der Waals surface area contributed by atoms with E-state index in [-0.39, 0.29) is 17.9 Å². The minimum atomic E-state index is -0.818. The number of ether oxygens (including phenoxy) is 1. The van der Waals surface area contributed by atoms with Crippen LogP contribution in [0.5, 0.6) is 0 Å². The zero-order valence-electron chi connectivity index (χ0n) is 14.0. The first-order valence-corrected chi connectivity index (χ1v) is 8.82. The number of rotatable bonds is 5. The number of benzene rings is 1. The molecule has 1 aliphatic carbocycles. The van der Waals surface area contributed by atoms with Crippen molar-refractivity contribution in [2.24, 2.45) is 5.92 Å². The summed E-state index contributed by atoms with van der Waals surface area (Å²) in [4.78, 5) is 12.0. The van der Waals surface area contributed by atoms with Crippen molar-refractivity contribution in [3.8, 4) is 0 Å². The van der Waals surface area contributed by atoms with E-state index in [2.05, 4.69) is 28.7 Å². The monoisotopic (exact) mass is 343 g/mol. The summed E-state index contributed by atoms with van der Waals surface area (Å²) in [6, 6.07) is 10.2. The predicted octanol–water partition coefficient (Wildman–Crippen LogP) is 2.41. The van der Waals surface area contributed by atoms with Crippen LogP contribution in [0.2, 0.25) is 0 Å². The van der Waals surface area contributed by atoms with Crippen LogP contribution in [0.1, 0.15) is 35.8 Å². The number of nitrogens with one attached hydrogen (secondary N) is 1. The third-order valence-corrected chi connectivity index (χ3v) is 4.97. The summed E-state index contributed by atoms with van der Waals surface area (Å²) in [5.74, 6) is -0.262. The van der Waals surface area contributed by atoms with E-state index >= 15 is 0 Å². The molecule has 1 fully saturated rings. The molecule has 1 aromatic carbocycles. The molecule has 6 heteroatoms. The first-order chi connectivity index (χ1) is 12.2. The molecule has 132 valence electrons. The van der Waals surface area contributed by atoms with Crippen LogP contribution in [0.15, 0.2) is 36.5 Å². The molecule has 0 spiro atoms. The molecule has 0 bridgehead atoms. The van der Waals surface area contributed by atoms with E-state index in [1.54, 1.807) is 0 Å². The number of carbonyl (C=O) groups is 1. The van der Waals surface area contributed by atoms with E-state index in [0.717, 1.165) is 12.1 Å². The molecule has 0 saturated heterocycles. The highest BCUT2D eigenvalue weighted by Gasteiger charge is 2.35. The Morgan fingerprint density at radius 2 is 2.12 bits per heavy atom. The number of alkyl halides is 1. The van der Waals surface area contributed by atoms with E-state index in [4.69, 9.17) is 4.74 Å². The van der Waals surface area contributed by atoms with Crippen LogP contribution >= 0.6 is 0 Å². The number of amides is 1. The summed E-state index contributed by atoms with van der Waals surface area (Å²) in [5, 5.41) is 7.57. The van der Waals surface area contributed by atoms with E-state index in [0.29, 0.717) is 32.5 Å². The summed E-state index contributed by atoms with van der Waals surface area (Å²) < 4.78 is 20.6. The lowest BCUT2D eigenvalue weighted by molar-refractivity contribution is -0.130. The summed E-state index contributed by atoms with van der Waals surface area (Å²) in [5.41, 5.74) is 3.27. The molecule has 4 rings (SSSR count). The number of hydrogen-bond acceptors (Lipinski definition) is 3. The predicted molar refractivity (Wildman–Crippen MR) is 90.8 cm³/mol. The number of fused-ring (bicyclic) bond motifs is 1. The second kappa shape index (κ2) is 6.96. The van der Waals surface area contributed by atoms with Gasteiger partial charge in [0.25, 0.3) is 0 Å². The van der Waals surface area contributed by atoms with Crippen LogP contribution in [0, 0.1) is 5.92 Å². The number of aromatic nitrogens is 2. The van der Waals surface area contributed by atoms with Crippen molar-refractivity contribution < 1.29 is 13.9 Å². The third kappa shape index (κ3) is 3.58. The largest absolute Gasteiger partial charge is 0.370 e. The molecule has 1 N–H and O–H groups in total. The lowest BCUT2D eigenvalue weighted by atomic mass is 9.83. The van der Waals surface area contributed by atoms with Gasteiger partial charge >= 0.3 is 0 Å². The van der Waals surface area contributed by atoms with Crippen molar-refractivity contribution in [1.29, 1.82) is 0 Å². The fourth-order valence-corrected chi connectivity index (χ4v) is 3.44. The van der Waals surface area contributed by atoms with Crippen LogP contribution in [-0.2, 0) is 22.5 Å². The van der Waals surface area contributed by atoms with Crippen molar-refractivity contribution >= 4 is 5.91 Å². The minimum absolute atomic E-state index is 0.0756. The van der Waals surface area contributed by atoms with Gasteiger partial charge in [0, 0.05) is 18.7 Å². The average molecular weight is 343 g/mol. The molecule has 1 amide bonds. The Bertz CT molecular complexity index is 740. The zero-order valence-corrected chi connectivity index (χ0v) is 14.0. The number of nitrogens with zero attached hydrogens (tertiary/aromatic N) is 2. The number of halogens is 1. The van der Waals surface area contributed by atoms with Gasteiger partial charge in [-0.15, -0.1) is 0 Å². The lowest BCUT2D eigenvalue weighted by Crippen LogP contribution is -2.41. The Morgan fingerprint density at radius 1 is 1.32 bits per heavy atom. The second-order valence-corrected chi connectivity index (χ2v) is 6.84. The topological polar surface area (TPSA) is 56.1 Å². The molecule has 25 heavy (non-hydrogen) atoms. The number of carbonyl (C=O) groups excluding carboxylic acids is 1. The quantitative estimate of drug-likeness (QED) is 0.907. The van der Waals surface area contributed by atoms with Gasteiger partial charge < -0.3 is 10.1 Å². The fourth-order valence-electron chi connectivity index (χ4n) is 3.44. The Labute approximate surface area is 146 Å². The molecule has 2 aromatic rings. The normalized spacial score (nSPS) is 25.1. The van der Waals surface area contributed by atoms with Crippen molar-refractivity contribution in [1.82, 2.24) is 15.1 Å². The van der Waals surface area contributed by atoms with Gasteiger partial charge in [-0.1, -0.05) is 30.3 Å². The molecule has 2 aliphatic rings. The van der Waals surface area contributed by atoms with E-state index in [1.165, 1.54) is 11.1 Å². The average Bonchev–Trinajstić information content (AvgIpc) is 3.00. The molecule has 1 aliphatic heterocycles. The Morgan fingerprint density at radius 3 is 2.88 bits per heavy atom. The highest BCUT2D eigenvalue weighted by atomic mass is 19.1. The van der Waals surface area contributed by atoms with Crippen molar-refractivity contribution in [2.75, 3.05) is 13.2 Å². The van der Waals surface area contributed by atoms with Crippen LogP contribution in [0.25, 0.3) is 0 Å². The van der Waals surface area contributed by atoms with E-state index in [1.807, 2.05) is 22.9 Å². The summed E-state index contributed by atoms with van der Waals surface area (Å²) in [6.07, 6.45) is 2.54. The van der Waals surface area contributed by atoms with Crippen LogP contribution in [-0.4, -0.2) is 35.0 Å². The summed E-state index contributed by atoms with van der Waals surface area (Å²) in [7, 11) is 0. The molecule has 1 atom stereocenters. The van der Waals surface area contributed by atoms with Gasteiger partial charge in [-0.3, -0.25) is 9.48 Å². The molecular formula is C19H22FN3O2. The molecule has 2 heterocycles. The first-order valence-electron chi connectivity index (χ1n) is 8.82. The maximum Gasteiger partial charge on any atom is 0.223 e. The summed E-state index contributed by atoms with van der Waals surface area (Å²) >= 11 is 0. The van der Waals surface area contributed by atoms with E-state index < -0.39 is 6.17 Å². The first kappa shape index (κ1) is 16.3. The minimum Gasteiger partial charge on any atom is -0.370 e. The van der Waals surface area contributed by atoms with Crippen molar-refractivity contribution in [2.45, 2.75) is 38.1 Å². The second-order valence-electron chi connectivity index (χ2n) is 6.84. The molecule has 0 radical (unpaired) electrons. The van der Waals surface area contributed by atoms with Gasteiger partial charge in [-0.05, 0) is 30.4 Å². The Balaban J connectivity index is 1.40. The fraction of sp³-hybridized carbons (Fsp3) is 0.474. The third-order valence-electron chi connectivity index (χ3n) is 4.97. The standard InChI is InChI=1S/C19H22FN3O2/c20-16-8-15(9-16)19(24)21-10-17-18-14(6-7-25-17)12-23(22-18)11-13-4-2-1-3-5-13/h1-5,12,15-17H,6-11H2,(H,21,24). The van der Waals surface area contributed by atoms with Gasteiger partial charge in [0.05, 0.1) is 18.8 Å². The van der Waals surface area contributed by atoms with Crippen molar-refractivity contribution in [3.63, 3.8) is 0 Å². The maximum absolute atomic E-state index is 12.9. The van der Waals surface area contributed by atoms with Crippen LogP contribution in [0.3, 0.4) is 0 Å². The van der Waals surface area contributed by atoms with Gasteiger partial charge in [-0.2, -0.15) is 5.10 Å². The van der Waals surface area contributed by atoms with Gasteiger partial charge in [0.1, 0.15) is 12.3 Å². The van der Waals surface area contributed by atoms with Gasteiger partial charge in [-0.25, -0.2) is 4.39 Å². The van der Waals surface area contributed by atoms with Gasteiger partial charge in [0.15, 0.2) is 0 Å². The van der Waals surface area contributed by atoms with E-state index in [9.17, 15) is 9.18 Å². The molecule has 1 saturated carbocycles. The Hall–Kier alpha value is -2.21. The molecule has 1 aromatic heterocycles. The van der Waals surface area contributed by atoms with Crippen molar-refractivity contribution in [3.05, 3.63) is 53.3 Å². The zero-order chi connectivity index (χ0) is 17.2. The highest BCUT2D eigenvalue weighted by molar-refractivity contribution is 5.79. The maximum atomic E-state index is 12.9. The van der Waals surface area contributed by atoms with Crippen LogP contribution in [0.4, 0.5) is 4.39 Å². The molecular weight excluding hydrogens is 321 g/mol. The molecule has 5 nitrogen and oxygen atoms in total. The Kier molecular flexibility index (Phi) is 4.53. The van der Waals surface area contributed by atoms with Gasteiger partial charge in [0.2, 0.25) is 5.91 Å². The highest BCUT2D eigenvalue weighted by Crippen LogP contribution is 2.30. The summed E-state index contributed by atoms with van der Waals surface area (Å²) in [6.45, 7) is 1.73. The lowest BCUT2D eigenvalue weighted by Gasteiger charge is -2.29. The number of hydrogen-bond donors (Lipinski definition) is 1. The molecule has 1 unspecified atom stereocenters. The van der Waals surface area contributed by atoms with Crippen LogP contribution < -0.4 is 5.32 Å². The SMILES string of the molecule is O=C(NCC1OCCc2cn(Cc3ccccc3)nc21)C1CC(F)C1. The smallest absolute Gasteiger partial charge is 0.223 e.